The van der Waals surface area contributed by atoms with Crippen molar-refractivity contribution in [1.82, 2.24) is 5.01 Å². The lowest BCUT2D eigenvalue weighted by atomic mass is 9.88. The van der Waals surface area contributed by atoms with Gasteiger partial charge in [0.25, 0.3) is 0 Å². The zero-order chi connectivity index (χ0) is 16.7. The average molecular weight is 387 g/mol. The molecule has 4 rings (SSSR count). The number of alkyl halides is 1. The molecule has 124 valence electrons. The summed E-state index contributed by atoms with van der Waals surface area (Å²) in [4.78, 5) is 0. The molecule has 1 aliphatic carbocycles. The summed E-state index contributed by atoms with van der Waals surface area (Å²) in [6, 6.07) is 15.0. The van der Waals surface area contributed by atoms with Gasteiger partial charge in [0.2, 0.25) is 0 Å². The van der Waals surface area contributed by atoms with E-state index in [-0.39, 0.29) is 11.5 Å². The van der Waals surface area contributed by atoms with E-state index < -0.39 is 4.32 Å². The molecule has 0 saturated heterocycles. The van der Waals surface area contributed by atoms with Gasteiger partial charge in [0, 0.05) is 6.04 Å². The van der Waals surface area contributed by atoms with Gasteiger partial charge >= 0.3 is 0 Å². The van der Waals surface area contributed by atoms with E-state index in [4.69, 9.17) is 5.10 Å². The summed E-state index contributed by atoms with van der Waals surface area (Å²) < 4.78 is -0.423. The second kappa shape index (κ2) is 5.81. The van der Waals surface area contributed by atoms with Gasteiger partial charge in [0.1, 0.15) is 15.8 Å². The highest BCUT2D eigenvalue weighted by molar-refractivity contribution is 9.10. The molecule has 2 aromatic carbocycles. The quantitative estimate of drug-likeness (QED) is 0.784. The molecule has 0 bridgehead atoms. The zero-order valence-electron chi connectivity index (χ0n) is 13.2. The molecule has 2 N–H and O–H groups in total. The third-order valence-corrected chi connectivity index (χ3v) is 6.03. The molecule has 2 aromatic rings. The van der Waals surface area contributed by atoms with Crippen LogP contribution in [0.4, 0.5) is 0 Å². The SMILES string of the molecule is Oc1ccc(C2=NN(C3CCC3)CC2(Br)c2ccc(O)cc2)cc1. The van der Waals surface area contributed by atoms with Crippen molar-refractivity contribution >= 4 is 21.6 Å². The molecule has 24 heavy (non-hydrogen) atoms. The van der Waals surface area contributed by atoms with Crippen LogP contribution in [0.5, 0.6) is 11.5 Å². The molecule has 0 spiro atoms. The van der Waals surface area contributed by atoms with Gasteiger partial charge in [-0.2, -0.15) is 5.10 Å². The van der Waals surface area contributed by atoms with Crippen molar-refractivity contribution < 1.29 is 10.2 Å². The first-order chi connectivity index (χ1) is 11.6. The van der Waals surface area contributed by atoms with Crippen molar-refractivity contribution in [2.45, 2.75) is 29.6 Å². The lowest BCUT2D eigenvalue weighted by Crippen LogP contribution is -2.39. The Morgan fingerprint density at radius 3 is 2.08 bits per heavy atom. The average Bonchev–Trinajstić information content (AvgIpc) is 2.85. The first kappa shape index (κ1) is 15.5. The number of benzene rings is 2. The van der Waals surface area contributed by atoms with Gasteiger partial charge in [-0.05, 0) is 66.8 Å². The molecule has 1 unspecified atom stereocenters. The van der Waals surface area contributed by atoms with E-state index in [0.29, 0.717) is 6.04 Å². The minimum atomic E-state index is -0.423. The Hall–Kier alpha value is -2.01. The van der Waals surface area contributed by atoms with Gasteiger partial charge in [-0.25, -0.2) is 0 Å². The van der Waals surface area contributed by atoms with Crippen LogP contribution in [0.2, 0.25) is 0 Å². The van der Waals surface area contributed by atoms with Crippen LogP contribution < -0.4 is 0 Å². The van der Waals surface area contributed by atoms with Crippen LogP contribution in [0.3, 0.4) is 0 Å². The molecule has 1 saturated carbocycles. The summed E-state index contributed by atoms with van der Waals surface area (Å²) in [6.45, 7) is 0.763. The predicted molar refractivity (Wildman–Crippen MR) is 97.7 cm³/mol. The molecule has 4 nitrogen and oxygen atoms in total. The van der Waals surface area contributed by atoms with Crippen LogP contribution in [-0.2, 0) is 4.32 Å². The molecule has 0 amide bonds. The topological polar surface area (TPSA) is 56.1 Å². The highest BCUT2D eigenvalue weighted by atomic mass is 79.9. The van der Waals surface area contributed by atoms with E-state index >= 15 is 0 Å². The van der Waals surface area contributed by atoms with Crippen molar-refractivity contribution in [2.75, 3.05) is 6.54 Å². The summed E-state index contributed by atoms with van der Waals surface area (Å²) in [5.41, 5.74) is 2.99. The van der Waals surface area contributed by atoms with Crippen molar-refractivity contribution in [3.63, 3.8) is 0 Å². The molecule has 1 aliphatic heterocycles. The second-order valence-electron chi connectivity index (χ2n) is 6.53. The van der Waals surface area contributed by atoms with E-state index in [9.17, 15) is 10.2 Å². The molecule has 0 radical (unpaired) electrons. The lowest BCUT2D eigenvalue weighted by molar-refractivity contribution is 0.141. The van der Waals surface area contributed by atoms with Crippen LogP contribution in [0.15, 0.2) is 53.6 Å². The predicted octanol–water partition coefficient (Wildman–Crippen LogP) is 3.96. The molecule has 1 atom stereocenters. The Labute approximate surface area is 149 Å². The van der Waals surface area contributed by atoms with Crippen LogP contribution in [0.25, 0.3) is 0 Å². The number of phenolic OH excluding ortho intramolecular Hbond substituents is 2. The Morgan fingerprint density at radius 1 is 0.958 bits per heavy atom. The Kier molecular flexibility index (Phi) is 3.76. The van der Waals surface area contributed by atoms with E-state index in [2.05, 4.69) is 20.9 Å². The monoisotopic (exact) mass is 386 g/mol. The number of hydrazone groups is 1. The largest absolute Gasteiger partial charge is 0.508 e. The van der Waals surface area contributed by atoms with Gasteiger partial charge in [-0.1, -0.05) is 28.1 Å². The normalized spacial score (nSPS) is 23.9. The molecule has 2 aliphatic rings. The molecule has 1 heterocycles. The number of phenols is 2. The van der Waals surface area contributed by atoms with Gasteiger partial charge in [0.05, 0.1) is 12.3 Å². The number of hydrogen-bond acceptors (Lipinski definition) is 4. The van der Waals surface area contributed by atoms with E-state index in [1.54, 1.807) is 24.3 Å². The van der Waals surface area contributed by atoms with Gasteiger partial charge < -0.3 is 10.2 Å². The summed E-state index contributed by atoms with van der Waals surface area (Å²) >= 11 is 3.95. The maximum atomic E-state index is 9.60. The zero-order valence-corrected chi connectivity index (χ0v) is 14.8. The highest BCUT2D eigenvalue weighted by Crippen LogP contribution is 2.43. The fourth-order valence-electron chi connectivity index (χ4n) is 3.30. The van der Waals surface area contributed by atoms with Crippen molar-refractivity contribution in [3.05, 3.63) is 59.7 Å². The van der Waals surface area contributed by atoms with Crippen LogP contribution in [-0.4, -0.2) is 33.5 Å². The Bertz CT molecular complexity index is 769. The maximum Gasteiger partial charge on any atom is 0.115 e. The molecular weight excluding hydrogens is 368 g/mol. The fraction of sp³-hybridized carbons (Fsp3) is 0.316. The van der Waals surface area contributed by atoms with Crippen molar-refractivity contribution in [3.8, 4) is 11.5 Å². The number of halogens is 1. The Morgan fingerprint density at radius 2 is 1.54 bits per heavy atom. The fourth-order valence-corrected chi connectivity index (χ4v) is 4.13. The van der Waals surface area contributed by atoms with Crippen LogP contribution in [0.1, 0.15) is 30.4 Å². The smallest absolute Gasteiger partial charge is 0.115 e. The van der Waals surface area contributed by atoms with Crippen LogP contribution in [0, 0.1) is 0 Å². The minimum Gasteiger partial charge on any atom is -0.508 e. The van der Waals surface area contributed by atoms with Gasteiger partial charge in [-0.3, -0.25) is 5.01 Å². The number of rotatable bonds is 3. The third-order valence-electron chi connectivity index (χ3n) is 4.95. The first-order valence-electron chi connectivity index (χ1n) is 8.20. The molecule has 1 fully saturated rings. The summed E-state index contributed by atoms with van der Waals surface area (Å²) in [5.74, 6) is 0.504. The van der Waals surface area contributed by atoms with Gasteiger partial charge in [0.15, 0.2) is 0 Å². The number of hydrogen-bond donors (Lipinski definition) is 2. The Balaban J connectivity index is 1.77. The summed E-state index contributed by atoms with van der Waals surface area (Å²) in [5, 5.41) is 26.3. The van der Waals surface area contributed by atoms with Crippen molar-refractivity contribution in [2.24, 2.45) is 5.10 Å². The number of aromatic hydroxyl groups is 2. The van der Waals surface area contributed by atoms with Gasteiger partial charge in [-0.15, -0.1) is 0 Å². The third kappa shape index (κ3) is 2.57. The minimum absolute atomic E-state index is 0.248. The summed E-state index contributed by atoms with van der Waals surface area (Å²) in [6.07, 6.45) is 3.63. The molecule has 5 heteroatoms. The lowest BCUT2D eigenvalue weighted by Gasteiger charge is -2.35. The van der Waals surface area contributed by atoms with E-state index in [1.165, 1.54) is 19.3 Å². The highest BCUT2D eigenvalue weighted by Gasteiger charge is 2.45. The number of nitrogens with zero attached hydrogens (tertiary/aromatic N) is 2. The molecule has 0 aromatic heterocycles. The standard InChI is InChI=1S/C19H19BrN2O2/c20-19(14-6-10-17(24)11-7-14)12-22(15-2-1-3-15)21-18(19)13-4-8-16(23)9-5-13/h4-11,15,23-24H,1-3,12H2. The second-order valence-corrected chi connectivity index (χ2v) is 7.88. The first-order valence-corrected chi connectivity index (χ1v) is 8.99. The van der Waals surface area contributed by atoms with Crippen molar-refractivity contribution in [1.29, 1.82) is 0 Å². The van der Waals surface area contributed by atoms with E-state index in [1.807, 2.05) is 24.3 Å². The van der Waals surface area contributed by atoms with E-state index in [0.717, 1.165) is 23.4 Å². The maximum absolute atomic E-state index is 9.60. The molecular formula is C19H19BrN2O2. The van der Waals surface area contributed by atoms with Crippen LogP contribution >= 0.6 is 15.9 Å². The summed E-state index contributed by atoms with van der Waals surface area (Å²) in [7, 11) is 0.